The van der Waals surface area contributed by atoms with Gasteiger partial charge in [-0.3, -0.25) is 4.90 Å². The van der Waals surface area contributed by atoms with E-state index in [9.17, 15) is 4.79 Å². The van der Waals surface area contributed by atoms with Crippen molar-refractivity contribution in [3.05, 3.63) is 12.3 Å². The Kier molecular flexibility index (Phi) is 3.12. The normalized spacial score (nSPS) is 19.7. The highest BCUT2D eigenvalue weighted by Gasteiger charge is 2.25. The number of carbonyl (C=O) groups excluding carboxylic acids is 1. The van der Waals surface area contributed by atoms with Gasteiger partial charge in [0.1, 0.15) is 12.4 Å². The molecule has 3 rings (SSSR count). The number of pyridine rings is 1. The van der Waals surface area contributed by atoms with Gasteiger partial charge < -0.3 is 20.7 Å². The SMILES string of the molecule is Nc1ncc(N2CCOC2=O)cc1N1CCNCC1. The number of anilines is 3. The zero-order valence-corrected chi connectivity index (χ0v) is 10.6. The van der Waals surface area contributed by atoms with Crippen LogP contribution in [0, 0.1) is 0 Å². The lowest BCUT2D eigenvalue weighted by Crippen LogP contribution is -2.44. The van der Waals surface area contributed by atoms with Gasteiger partial charge in [0.25, 0.3) is 0 Å². The number of ether oxygens (including phenoxy) is 1. The second-order valence-corrected chi connectivity index (χ2v) is 4.60. The number of piperazine rings is 1. The summed E-state index contributed by atoms with van der Waals surface area (Å²) in [4.78, 5) is 19.5. The minimum Gasteiger partial charge on any atom is -0.447 e. The molecule has 2 saturated heterocycles. The summed E-state index contributed by atoms with van der Waals surface area (Å²) in [6, 6.07) is 1.92. The Morgan fingerprint density at radius 2 is 2.11 bits per heavy atom. The molecule has 2 aliphatic rings. The van der Waals surface area contributed by atoms with Crippen LogP contribution in [0.25, 0.3) is 0 Å². The van der Waals surface area contributed by atoms with Crippen LogP contribution >= 0.6 is 0 Å². The topological polar surface area (TPSA) is 83.7 Å². The fourth-order valence-corrected chi connectivity index (χ4v) is 2.39. The third-order valence-corrected chi connectivity index (χ3v) is 3.41. The van der Waals surface area contributed by atoms with Gasteiger partial charge in [0, 0.05) is 26.2 Å². The van der Waals surface area contributed by atoms with Crippen molar-refractivity contribution in [1.82, 2.24) is 10.3 Å². The van der Waals surface area contributed by atoms with E-state index in [1.165, 1.54) is 0 Å². The molecule has 1 amide bonds. The van der Waals surface area contributed by atoms with E-state index in [1.807, 2.05) is 6.07 Å². The van der Waals surface area contributed by atoms with E-state index in [4.69, 9.17) is 10.5 Å². The van der Waals surface area contributed by atoms with Gasteiger partial charge in [0.05, 0.1) is 24.1 Å². The molecule has 7 nitrogen and oxygen atoms in total. The third kappa shape index (κ3) is 2.28. The summed E-state index contributed by atoms with van der Waals surface area (Å²) < 4.78 is 4.94. The van der Waals surface area contributed by atoms with E-state index in [1.54, 1.807) is 11.1 Å². The van der Waals surface area contributed by atoms with Crippen molar-refractivity contribution in [3.8, 4) is 0 Å². The Labute approximate surface area is 111 Å². The highest BCUT2D eigenvalue weighted by molar-refractivity contribution is 5.90. The van der Waals surface area contributed by atoms with Crippen molar-refractivity contribution < 1.29 is 9.53 Å². The monoisotopic (exact) mass is 263 g/mol. The minimum atomic E-state index is -0.321. The van der Waals surface area contributed by atoms with Crippen LogP contribution in [0.15, 0.2) is 12.3 Å². The fourth-order valence-electron chi connectivity index (χ4n) is 2.39. The number of carbonyl (C=O) groups is 1. The first kappa shape index (κ1) is 12.0. The highest BCUT2D eigenvalue weighted by atomic mass is 16.6. The van der Waals surface area contributed by atoms with Gasteiger partial charge in [-0.2, -0.15) is 0 Å². The van der Waals surface area contributed by atoms with Crippen LogP contribution in [-0.4, -0.2) is 50.4 Å². The van der Waals surface area contributed by atoms with Crippen LogP contribution in [0.3, 0.4) is 0 Å². The summed E-state index contributed by atoms with van der Waals surface area (Å²) >= 11 is 0. The van der Waals surface area contributed by atoms with Crippen LogP contribution in [0.4, 0.5) is 22.0 Å². The summed E-state index contributed by atoms with van der Waals surface area (Å²) in [7, 11) is 0. The lowest BCUT2D eigenvalue weighted by atomic mass is 10.2. The first-order chi connectivity index (χ1) is 9.25. The third-order valence-electron chi connectivity index (χ3n) is 3.41. The molecule has 19 heavy (non-hydrogen) atoms. The molecule has 0 bridgehead atoms. The fraction of sp³-hybridized carbons (Fsp3) is 0.500. The molecule has 0 spiro atoms. The van der Waals surface area contributed by atoms with Crippen LogP contribution in [-0.2, 0) is 4.74 Å². The summed E-state index contributed by atoms with van der Waals surface area (Å²) in [6.07, 6.45) is 1.30. The maximum atomic E-state index is 11.6. The number of amides is 1. The standard InChI is InChI=1S/C12H17N5O2/c13-11-10(16-3-1-14-2-4-16)7-9(8-15-11)17-5-6-19-12(17)18/h7-8,14H,1-6H2,(H2,13,15). The number of nitrogens with zero attached hydrogens (tertiary/aromatic N) is 3. The number of cyclic esters (lactones) is 1. The zero-order chi connectivity index (χ0) is 13.2. The minimum absolute atomic E-state index is 0.321. The molecule has 0 aromatic carbocycles. The average molecular weight is 263 g/mol. The molecule has 0 radical (unpaired) electrons. The second-order valence-electron chi connectivity index (χ2n) is 4.60. The average Bonchev–Trinajstić information content (AvgIpc) is 2.87. The van der Waals surface area contributed by atoms with Gasteiger partial charge in [0.15, 0.2) is 0 Å². The molecule has 2 fully saturated rings. The quantitative estimate of drug-likeness (QED) is 0.783. The Balaban J connectivity index is 1.89. The number of hydrogen-bond donors (Lipinski definition) is 2. The maximum Gasteiger partial charge on any atom is 0.414 e. The Hall–Kier alpha value is -2.02. The summed E-state index contributed by atoms with van der Waals surface area (Å²) in [5, 5.41) is 3.29. The van der Waals surface area contributed by atoms with Crippen LogP contribution in [0.2, 0.25) is 0 Å². The zero-order valence-electron chi connectivity index (χ0n) is 10.6. The van der Waals surface area contributed by atoms with Crippen molar-refractivity contribution in [2.24, 2.45) is 0 Å². The van der Waals surface area contributed by atoms with Gasteiger partial charge in [-0.05, 0) is 6.07 Å². The number of nitrogen functional groups attached to an aromatic ring is 1. The van der Waals surface area contributed by atoms with Gasteiger partial charge >= 0.3 is 6.09 Å². The Bertz CT molecular complexity index is 487. The molecule has 1 aromatic heterocycles. The molecular formula is C12H17N5O2. The molecule has 0 atom stereocenters. The first-order valence-corrected chi connectivity index (χ1v) is 6.41. The molecule has 0 saturated carbocycles. The molecule has 3 N–H and O–H groups in total. The number of nitrogens with one attached hydrogen (secondary N) is 1. The molecular weight excluding hydrogens is 246 g/mol. The number of nitrogens with two attached hydrogens (primary N) is 1. The molecule has 7 heteroatoms. The predicted octanol–water partition coefficient (Wildman–Crippen LogP) is 0.0300. The maximum absolute atomic E-state index is 11.6. The van der Waals surface area contributed by atoms with E-state index in [0.717, 1.165) is 37.6 Å². The van der Waals surface area contributed by atoms with Crippen molar-refractivity contribution in [2.45, 2.75) is 0 Å². The van der Waals surface area contributed by atoms with E-state index in [2.05, 4.69) is 15.2 Å². The Morgan fingerprint density at radius 1 is 1.32 bits per heavy atom. The van der Waals surface area contributed by atoms with Crippen LogP contribution in [0.5, 0.6) is 0 Å². The number of aromatic nitrogens is 1. The molecule has 0 aliphatic carbocycles. The Morgan fingerprint density at radius 3 is 2.79 bits per heavy atom. The molecule has 2 aliphatic heterocycles. The van der Waals surface area contributed by atoms with Crippen molar-refractivity contribution in [1.29, 1.82) is 0 Å². The molecule has 3 heterocycles. The predicted molar refractivity (Wildman–Crippen MR) is 72.4 cm³/mol. The number of hydrogen-bond acceptors (Lipinski definition) is 6. The van der Waals surface area contributed by atoms with Crippen molar-refractivity contribution >= 4 is 23.3 Å². The van der Waals surface area contributed by atoms with Crippen molar-refractivity contribution in [2.75, 3.05) is 54.9 Å². The number of rotatable bonds is 2. The van der Waals surface area contributed by atoms with Crippen LogP contribution in [0.1, 0.15) is 0 Å². The van der Waals surface area contributed by atoms with Gasteiger partial charge in [0.2, 0.25) is 0 Å². The second kappa shape index (κ2) is 4.93. The van der Waals surface area contributed by atoms with E-state index in [-0.39, 0.29) is 6.09 Å². The highest BCUT2D eigenvalue weighted by Crippen LogP contribution is 2.28. The van der Waals surface area contributed by atoms with Gasteiger partial charge in [-0.1, -0.05) is 0 Å². The van der Waals surface area contributed by atoms with E-state index in [0.29, 0.717) is 19.0 Å². The van der Waals surface area contributed by atoms with Crippen LogP contribution < -0.4 is 20.9 Å². The van der Waals surface area contributed by atoms with E-state index < -0.39 is 0 Å². The van der Waals surface area contributed by atoms with E-state index >= 15 is 0 Å². The lowest BCUT2D eigenvalue weighted by molar-refractivity contribution is 0.181. The molecule has 0 unspecified atom stereocenters. The summed E-state index contributed by atoms with van der Waals surface area (Å²) in [5.41, 5.74) is 7.57. The first-order valence-electron chi connectivity index (χ1n) is 6.41. The molecule has 102 valence electrons. The summed E-state index contributed by atoms with van der Waals surface area (Å²) in [6.45, 7) is 4.61. The largest absolute Gasteiger partial charge is 0.447 e. The summed E-state index contributed by atoms with van der Waals surface area (Å²) in [5.74, 6) is 0.498. The van der Waals surface area contributed by atoms with Gasteiger partial charge in [-0.15, -0.1) is 0 Å². The lowest BCUT2D eigenvalue weighted by Gasteiger charge is -2.30. The smallest absolute Gasteiger partial charge is 0.414 e. The molecule has 1 aromatic rings. The van der Waals surface area contributed by atoms with Gasteiger partial charge in [-0.25, -0.2) is 9.78 Å². The van der Waals surface area contributed by atoms with Crippen molar-refractivity contribution in [3.63, 3.8) is 0 Å².